The Hall–Kier alpha value is -0.872. The van der Waals surface area contributed by atoms with Gasteiger partial charge in [-0.1, -0.05) is 31.5 Å². The minimum Gasteiger partial charge on any atom is -0.180 e. The van der Waals surface area contributed by atoms with Crippen molar-refractivity contribution < 1.29 is 21.1 Å². The van der Waals surface area contributed by atoms with E-state index in [0.29, 0.717) is 0 Å². The molecule has 0 heterocycles. The van der Waals surface area contributed by atoms with E-state index in [1.807, 2.05) is 0 Å². The summed E-state index contributed by atoms with van der Waals surface area (Å²) in [5.41, 5.74) is 9.20. The molecule has 0 radical (unpaired) electrons. The van der Waals surface area contributed by atoms with Gasteiger partial charge in [-0.25, -0.2) is 0 Å². The molecule has 0 spiro atoms. The normalized spacial score (nSPS) is 10.1. The standard InChI is InChI=1S/C17H19.W/c1-11-6-7-16(8-12(11)2)17-9-13(3)15(5)14(4)10-17;/h7-10H,1-5H3;/q-1;. The topological polar surface area (TPSA) is 0 Å². The van der Waals surface area contributed by atoms with Crippen LogP contribution in [0.3, 0.4) is 0 Å². The molecule has 0 saturated heterocycles. The summed E-state index contributed by atoms with van der Waals surface area (Å²) in [5, 5.41) is 0. The molecule has 1 heteroatoms. The zero-order chi connectivity index (χ0) is 12.6. The smallest absolute Gasteiger partial charge is 0 e. The number of hydrogen-bond donors (Lipinski definition) is 0. The summed E-state index contributed by atoms with van der Waals surface area (Å²) in [6, 6.07) is 12.2. The van der Waals surface area contributed by atoms with Gasteiger partial charge in [-0.3, -0.25) is 0 Å². The molecular weight excluding hydrogens is 388 g/mol. The van der Waals surface area contributed by atoms with Crippen LogP contribution in [0.2, 0.25) is 0 Å². The predicted octanol–water partition coefficient (Wildman–Crippen LogP) is 4.69. The van der Waals surface area contributed by atoms with Gasteiger partial charge >= 0.3 is 0 Å². The largest absolute Gasteiger partial charge is 0.180 e. The van der Waals surface area contributed by atoms with Crippen molar-refractivity contribution in [3.05, 3.63) is 58.1 Å². The fraction of sp³-hybridized carbons (Fsp3) is 0.294. The van der Waals surface area contributed by atoms with Gasteiger partial charge in [0.2, 0.25) is 0 Å². The van der Waals surface area contributed by atoms with Crippen LogP contribution in [0, 0.1) is 40.7 Å². The summed E-state index contributed by atoms with van der Waals surface area (Å²) >= 11 is 0. The fourth-order valence-corrected chi connectivity index (χ4v) is 2.05. The van der Waals surface area contributed by atoms with Crippen LogP contribution in [0.25, 0.3) is 11.1 Å². The molecule has 0 aliphatic heterocycles. The SMILES string of the molecule is Cc1[c-]cc(-c2cc(C)c(C)c(C)c2)cc1C.[W]. The van der Waals surface area contributed by atoms with Crippen molar-refractivity contribution in [2.24, 2.45) is 0 Å². The first kappa shape index (κ1) is 15.2. The molecule has 2 aromatic carbocycles. The predicted molar refractivity (Wildman–Crippen MR) is 74.4 cm³/mol. The Kier molecular flexibility index (Phi) is 4.93. The van der Waals surface area contributed by atoms with E-state index in [-0.39, 0.29) is 21.1 Å². The third-order valence-corrected chi connectivity index (χ3v) is 3.67. The number of hydrogen-bond acceptors (Lipinski definition) is 0. The first-order valence-electron chi connectivity index (χ1n) is 6.06. The third kappa shape index (κ3) is 2.93. The van der Waals surface area contributed by atoms with Crippen LogP contribution in [0.1, 0.15) is 27.8 Å². The second-order valence-electron chi connectivity index (χ2n) is 4.93. The van der Waals surface area contributed by atoms with Gasteiger partial charge in [-0.2, -0.15) is 29.3 Å². The number of rotatable bonds is 1. The van der Waals surface area contributed by atoms with E-state index in [0.717, 1.165) is 0 Å². The summed E-state index contributed by atoms with van der Waals surface area (Å²) in [4.78, 5) is 0. The number of benzene rings is 2. The maximum atomic E-state index is 3.32. The van der Waals surface area contributed by atoms with Crippen molar-refractivity contribution in [1.29, 1.82) is 0 Å². The molecule has 0 fully saturated rings. The Morgan fingerprint density at radius 3 is 1.72 bits per heavy atom. The molecule has 0 amide bonds. The average Bonchev–Trinajstić information content (AvgIpc) is 2.29. The van der Waals surface area contributed by atoms with Gasteiger partial charge in [0.15, 0.2) is 0 Å². The van der Waals surface area contributed by atoms with E-state index in [1.54, 1.807) is 0 Å². The Balaban J connectivity index is 0.00000162. The van der Waals surface area contributed by atoms with E-state index >= 15 is 0 Å². The Morgan fingerprint density at radius 2 is 1.22 bits per heavy atom. The first-order chi connectivity index (χ1) is 7.99. The van der Waals surface area contributed by atoms with Crippen LogP contribution in [0.15, 0.2) is 24.3 Å². The van der Waals surface area contributed by atoms with Gasteiger partial charge < -0.3 is 0 Å². The quantitative estimate of drug-likeness (QED) is 0.602. The van der Waals surface area contributed by atoms with Gasteiger partial charge in [0.25, 0.3) is 0 Å². The number of aryl methyl sites for hydroxylation is 4. The molecule has 0 aliphatic carbocycles. The van der Waals surface area contributed by atoms with Crippen molar-refractivity contribution in [2.75, 3.05) is 0 Å². The van der Waals surface area contributed by atoms with Gasteiger partial charge in [-0.05, 0) is 37.5 Å². The molecule has 18 heavy (non-hydrogen) atoms. The minimum absolute atomic E-state index is 0. The molecule has 0 atom stereocenters. The molecule has 0 nitrogen and oxygen atoms in total. The monoisotopic (exact) mass is 407 g/mol. The fourth-order valence-electron chi connectivity index (χ4n) is 2.05. The summed E-state index contributed by atoms with van der Waals surface area (Å²) in [6.07, 6.45) is 0. The zero-order valence-electron chi connectivity index (χ0n) is 11.7. The molecule has 0 saturated carbocycles. The van der Waals surface area contributed by atoms with Crippen molar-refractivity contribution in [3.63, 3.8) is 0 Å². The second-order valence-corrected chi connectivity index (χ2v) is 4.93. The molecule has 0 aromatic heterocycles. The molecule has 0 N–H and O–H groups in total. The van der Waals surface area contributed by atoms with Gasteiger partial charge in [0, 0.05) is 21.1 Å². The van der Waals surface area contributed by atoms with Crippen LogP contribution >= 0.6 is 0 Å². The molecule has 2 rings (SSSR count). The first-order valence-corrected chi connectivity index (χ1v) is 6.06. The summed E-state index contributed by atoms with van der Waals surface area (Å²) in [6.45, 7) is 10.8. The van der Waals surface area contributed by atoms with E-state index in [9.17, 15) is 0 Å². The maximum absolute atomic E-state index is 3.32. The van der Waals surface area contributed by atoms with E-state index < -0.39 is 0 Å². The van der Waals surface area contributed by atoms with Crippen molar-refractivity contribution >= 4 is 0 Å². The van der Waals surface area contributed by atoms with Gasteiger partial charge in [0.05, 0.1) is 0 Å². The molecule has 0 bridgehead atoms. The minimum atomic E-state index is 0. The van der Waals surface area contributed by atoms with Crippen LogP contribution < -0.4 is 0 Å². The van der Waals surface area contributed by atoms with Gasteiger partial charge in [-0.15, -0.1) is 5.56 Å². The summed E-state index contributed by atoms with van der Waals surface area (Å²) in [5.74, 6) is 0. The van der Waals surface area contributed by atoms with Crippen molar-refractivity contribution in [3.8, 4) is 11.1 Å². The molecule has 0 aliphatic rings. The Morgan fingerprint density at radius 1 is 0.722 bits per heavy atom. The van der Waals surface area contributed by atoms with Crippen LogP contribution in [-0.2, 0) is 21.1 Å². The zero-order valence-corrected chi connectivity index (χ0v) is 14.7. The van der Waals surface area contributed by atoms with E-state index in [2.05, 4.69) is 65.0 Å². The van der Waals surface area contributed by atoms with E-state index in [4.69, 9.17) is 0 Å². The Labute approximate surface area is 125 Å². The van der Waals surface area contributed by atoms with Crippen molar-refractivity contribution in [2.45, 2.75) is 34.6 Å². The summed E-state index contributed by atoms with van der Waals surface area (Å²) in [7, 11) is 0. The van der Waals surface area contributed by atoms with Crippen molar-refractivity contribution in [1.82, 2.24) is 0 Å². The molecule has 94 valence electrons. The van der Waals surface area contributed by atoms with Crippen LogP contribution in [0.5, 0.6) is 0 Å². The van der Waals surface area contributed by atoms with Crippen LogP contribution in [-0.4, -0.2) is 0 Å². The van der Waals surface area contributed by atoms with E-state index in [1.165, 1.54) is 38.9 Å². The Bertz CT molecular complexity index is 545. The molecular formula is C17H19W-. The second kappa shape index (κ2) is 5.85. The third-order valence-electron chi connectivity index (χ3n) is 3.67. The van der Waals surface area contributed by atoms with Crippen LogP contribution in [0.4, 0.5) is 0 Å². The average molecular weight is 407 g/mol. The summed E-state index contributed by atoms with van der Waals surface area (Å²) < 4.78 is 0. The molecule has 2 aromatic rings. The molecule has 0 unspecified atom stereocenters. The van der Waals surface area contributed by atoms with Gasteiger partial charge in [0.1, 0.15) is 0 Å². The maximum Gasteiger partial charge on any atom is 0 e.